The molecule has 0 unspecified atom stereocenters. The Balaban J connectivity index is 2.12. The predicted octanol–water partition coefficient (Wildman–Crippen LogP) is 3.29. The first-order valence-electron chi connectivity index (χ1n) is 7.52. The van der Waals surface area contributed by atoms with Gasteiger partial charge in [0.05, 0.1) is 5.56 Å². The van der Waals surface area contributed by atoms with Crippen LogP contribution >= 0.6 is 0 Å². The number of alkyl halides is 3. The van der Waals surface area contributed by atoms with E-state index in [1.165, 1.54) is 43.4 Å². The average molecular weight is 380 g/mol. The highest BCUT2D eigenvalue weighted by Gasteiger charge is 2.32. The third-order valence-electron chi connectivity index (χ3n) is 3.63. The Bertz CT molecular complexity index is 1010. The predicted molar refractivity (Wildman–Crippen MR) is 87.0 cm³/mol. The standard InChI is InChI=1S/C17H12F4N4O2/c1-25-16(14(22)26)23-15(24-25)11-7-4-6-10(13(11)18)9-5-2-3-8-12(9)27-17(19,20)21/h2-8H,1H3,(H2,22,26). The molecule has 2 aromatic carbocycles. The molecule has 0 saturated heterocycles. The third-order valence-corrected chi connectivity index (χ3v) is 3.63. The number of hydrogen-bond donors (Lipinski definition) is 1. The minimum Gasteiger partial charge on any atom is -0.405 e. The van der Waals surface area contributed by atoms with Crippen molar-refractivity contribution in [1.82, 2.24) is 14.8 Å². The fourth-order valence-corrected chi connectivity index (χ4v) is 2.53. The van der Waals surface area contributed by atoms with Crippen molar-refractivity contribution in [2.24, 2.45) is 12.8 Å². The lowest BCUT2D eigenvalue weighted by Gasteiger charge is -2.14. The normalized spacial score (nSPS) is 11.4. The van der Waals surface area contributed by atoms with Gasteiger partial charge in [-0.1, -0.05) is 30.3 Å². The maximum Gasteiger partial charge on any atom is 0.573 e. The molecular weight excluding hydrogens is 368 g/mol. The van der Waals surface area contributed by atoms with Crippen molar-refractivity contribution < 1.29 is 27.1 Å². The molecule has 1 amide bonds. The largest absolute Gasteiger partial charge is 0.573 e. The van der Waals surface area contributed by atoms with Crippen LogP contribution in [-0.4, -0.2) is 27.0 Å². The maximum atomic E-state index is 15.1. The van der Waals surface area contributed by atoms with Gasteiger partial charge < -0.3 is 10.5 Å². The van der Waals surface area contributed by atoms with Crippen molar-refractivity contribution in [2.75, 3.05) is 0 Å². The molecule has 0 atom stereocenters. The summed E-state index contributed by atoms with van der Waals surface area (Å²) in [6.07, 6.45) is -4.93. The van der Waals surface area contributed by atoms with Crippen LogP contribution in [0.1, 0.15) is 10.6 Å². The number of rotatable bonds is 4. The average Bonchev–Trinajstić information content (AvgIpc) is 2.96. The molecular formula is C17H12F4N4O2. The molecule has 3 rings (SSSR count). The number of halogens is 4. The third kappa shape index (κ3) is 3.73. The molecule has 0 aliphatic carbocycles. The van der Waals surface area contributed by atoms with Gasteiger partial charge in [0.1, 0.15) is 11.6 Å². The topological polar surface area (TPSA) is 83.0 Å². The first-order chi connectivity index (χ1) is 12.7. The first kappa shape index (κ1) is 18.4. The van der Waals surface area contributed by atoms with E-state index in [0.717, 1.165) is 10.7 Å². The van der Waals surface area contributed by atoms with Gasteiger partial charge in [-0.25, -0.2) is 14.1 Å². The van der Waals surface area contributed by atoms with Crippen molar-refractivity contribution in [3.05, 3.63) is 54.1 Å². The van der Waals surface area contributed by atoms with Gasteiger partial charge in [0.15, 0.2) is 5.82 Å². The minimum atomic E-state index is -4.93. The second-order valence-corrected chi connectivity index (χ2v) is 5.46. The Labute approximate surface area is 150 Å². The monoisotopic (exact) mass is 380 g/mol. The number of benzene rings is 2. The highest BCUT2D eigenvalue weighted by molar-refractivity contribution is 5.89. The number of hydrogen-bond acceptors (Lipinski definition) is 4. The van der Waals surface area contributed by atoms with Crippen LogP contribution in [0.3, 0.4) is 0 Å². The summed E-state index contributed by atoms with van der Waals surface area (Å²) >= 11 is 0. The number of aryl methyl sites for hydroxylation is 1. The van der Waals surface area contributed by atoms with Gasteiger partial charge in [0, 0.05) is 18.2 Å². The SMILES string of the molecule is Cn1nc(-c2cccc(-c3ccccc3OC(F)(F)F)c2F)nc1C(N)=O. The zero-order valence-electron chi connectivity index (χ0n) is 13.8. The summed E-state index contributed by atoms with van der Waals surface area (Å²) < 4.78 is 58.0. The van der Waals surface area contributed by atoms with Crippen molar-refractivity contribution in [1.29, 1.82) is 0 Å². The molecule has 0 aliphatic rings. The molecule has 0 saturated carbocycles. The Morgan fingerprint density at radius 2 is 1.70 bits per heavy atom. The van der Waals surface area contributed by atoms with Crippen LogP contribution in [0.25, 0.3) is 22.5 Å². The Morgan fingerprint density at radius 1 is 1.07 bits per heavy atom. The number of carbonyl (C=O) groups excluding carboxylic acids is 1. The van der Waals surface area contributed by atoms with Crippen LogP contribution in [0.4, 0.5) is 17.6 Å². The van der Waals surface area contributed by atoms with Gasteiger partial charge in [-0.15, -0.1) is 13.2 Å². The van der Waals surface area contributed by atoms with Crippen LogP contribution in [0.5, 0.6) is 5.75 Å². The number of para-hydroxylation sites is 1. The Morgan fingerprint density at radius 3 is 2.33 bits per heavy atom. The molecule has 0 spiro atoms. The highest BCUT2D eigenvalue weighted by Crippen LogP contribution is 2.37. The summed E-state index contributed by atoms with van der Waals surface area (Å²) in [5.41, 5.74) is 4.83. The van der Waals surface area contributed by atoms with Gasteiger partial charge in [-0.3, -0.25) is 4.79 Å². The Kier molecular flexibility index (Phi) is 4.56. The zero-order valence-corrected chi connectivity index (χ0v) is 13.8. The molecule has 0 bridgehead atoms. The van der Waals surface area contributed by atoms with Crippen LogP contribution < -0.4 is 10.5 Å². The van der Waals surface area contributed by atoms with Crippen LogP contribution in [0.15, 0.2) is 42.5 Å². The summed E-state index contributed by atoms with van der Waals surface area (Å²) in [4.78, 5) is 15.2. The summed E-state index contributed by atoms with van der Waals surface area (Å²) in [6.45, 7) is 0. The lowest BCUT2D eigenvalue weighted by molar-refractivity contribution is -0.274. The van der Waals surface area contributed by atoms with Crippen LogP contribution in [0.2, 0.25) is 0 Å². The molecule has 0 radical (unpaired) electrons. The number of primary amides is 1. The maximum absolute atomic E-state index is 15.1. The minimum absolute atomic E-state index is 0.0970. The van der Waals surface area contributed by atoms with Gasteiger partial charge in [-0.2, -0.15) is 5.10 Å². The second-order valence-electron chi connectivity index (χ2n) is 5.46. The van der Waals surface area contributed by atoms with E-state index < -0.39 is 23.8 Å². The fourth-order valence-electron chi connectivity index (χ4n) is 2.53. The zero-order chi connectivity index (χ0) is 19.8. The molecule has 27 heavy (non-hydrogen) atoms. The van der Waals surface area contributed by atoms with Gasteiger partial charge in [0.2, 0.25) is 5.82 Å². The number of carbonyl (C=O) groups is 1. The number of ether oxygens (including phenoxy) is 1. The number of nitrogens with zero attached hydrogens (tertiary/aromatic N) is 3. The lowest BCUT2D eigenvalue weighted by atomic mass is 10.0. The van der Waals surface area contributed by atoms with E-state index in [2.05, 4.69) is 14.8 Å². The first-order valence-corrected chi connectivity index (χ1v) is 7.52. The van der Waals surface area contributed by atoms with E-state index in [4.69, 9.17) is 5.73 Å². The fraction of sp³-hybridized carbons (Fsp3) is 0.118. The van der Waals surface area contributed by atoms with Crippen molar-refractivity contribution in [2.45, 2.75) is 6.36 Å². The van der Waals surface area contributed by atoms with Crippen molar-refractivity contribution in [3.63, 3.8) is 0 Å². The summed E-state index contributed by atoms with van der Waals surface area (Å²) in [5, 5.41) is 3.93. The van der Waals surface area contributed by atoms with E-state index in [-0.39, 0.29) is 28.3 Å². The molecule has 10 heteroatoms. The molecule has 2 N–H and O–H groups in total. The molecule has 0 aliphatic heterocycles. The molecule has 0 fully saturated rings. The van der Waals surface area contributed by atoms with E-state index in [9.17, 15) is 18.0 Å². The van der Waals surface area contributed by atoms with Gasteiger partial charge in [0.25, 0.3) is 5.91 Å². The number of nitrogens with two attached hydrogens (primary N) is 1. The molecule has 1 aromatic heterocycles. The highest BCUT2D eigenvalue weighted by atomic mass is 19.4. The van der Waals surface area contributed by atoms with Crippen molar-refractivity contribution >= 4 is 5.91 Å². The Hall–Kier alpha value is -3.43. The second kappa shape index (κ2) is 6.71. The van der Waals surface area contributed by atoms with E-state index in [0.29, 0.717) is 0 Å². The number of amides is 1. The smallest absolute Gasteiger partial charge is 0.405 e. The summed E-state index contributed by atoms with van der Waals surface area (Å²) in [5.74, 6) is -2.57. The molecule has 1 heterocycles. The van der Waals surface area contributed by atoms with Crippen LogP contribution in [-0.2, 0) is 7.05 Å². The van der Waals surface area contributed by atoms with E-state index in [1.54, 1.807) is 0 Å². The number of aromatic nitrogens is 3. The lowest BCUT2D eigenvalue weighted by Crippen LogP contribution is -2.17. The van der Waals surface area contributed by atoms with E-state index in [1.807, 2.05) is 0 Å². The van der Waals surface area contributed by atoms with E-state index >= 15 is 4.39 Å². The van der Waals surface area contributed by atoms with Crippen LogP contribution in [0, 0.1) is 5.82 Å². The van der Waals surface area contributed by atoms with Gasteiger partial charge in [-0.05, 0) is 12.1 Å². The summed E-state index contributed by atoms with van der Waals surface area (Å²) in [6, 6.07) is 9.24. The van der Waals surface area contributed by atoms with Crippen molar-refractivity contribution in [3.8, 4) is 28.3 Å². The quantitative estimate of drug-likeness (QED) is 0.704. The molecule has 140 valence electrons. The summed E-state index contributed by atoms with van der Waals surface area (Å²) in [7, 11) is 1.41. The molecule has 3 aromatic rings. The molecule has 6 nitrogen and oxygen atoms in total. The van der Waals surface area contributed by atoms with Gasteiger partial charge >= 0.3 is 6.36 Å².